The first-order chi connectivity index (χ1) is 9.11. The second-order valence-electron chi connectivity index (χ2n) is 4.91. The Hall–Kier alpha value is -1.68. The second kappa shape index (κ2) is 5.97. The van der Waals surface area contributed by atoms with E-state index in [0.717, 1.165) is 36.8 Å². The first-order valence-corrected chi connectivity index (χ1v) is 6.82. The Bertz CT molecular complexity index is 557. The number of benzene rings is 1. The molecule has 4 heteroatoms. The van der Waals surface area contributed by atoms with Crippen LogP contribution in [0.2, 0.25) is 0 Å². The molecular formula is C15H22N4. The normalized spacial score (nSPS) is 10.9. The molecule has 0 amide bonds. The van der Waals surface area contributed by atoms with Crippen LogP contribution in [0.3, 0.4) is 0 Å². The lowest BCUT2D eigenvalue weighted by Gasteiger charge is -2.10. The van der Waals surface area contributed by atoms with Gasteiger partial charge in [0.2, 0.25) is 0 Å². The Morgan fingerprint density at radius 3 is 2.58 bits per heavy atom. The summed E-state index contributed by atoms with van der Waals surface area (Å²) in [6, 6.07) is 6.45. The number of hydrogen-bond acceptors (Lipinski definition) is 3. The minimum atomic E-state index is 0.809. The van der Waals surface area contributed by atoms with E-state index < -0.39 is 0 Å². The van der Waals surface area contributed by atoms with E-state index in [-0.39, 0.29) is 0 Å². The highest BCUT2D eigenvalue weighted by Gasteiger charge is 2.06. The van der Waals surface area contributed by atoms with Crippen molar-refractivity contribution in [1.82, 2.24) is 20.1 Å². The van der Waals surface area contributed by atoms with E-state index in [1.54, 1.807) is 0 Å². The summed E-state index contributed by atoms with van der Waals surface area (Å²) in [5, 5.41) is 7.85. The molecule has 1 N–H and O–H groups in total. The SMILES string of the molecule is CCCNCc1ccc(-n2nc(C)nc2C)cc1C. The molecule has 102 valence electrons. The fraction of sp³-hybridized carbons (Fsp3) is 0.467. The van der Waals surface area contributed by atoms with Gasteiger partial charge in [-0.25, -0.2) is 9.67 Å². The predicted molar refractivity (Wildman–Crippen MR) is 77.6 cm³/mol. The van der Waals surface area contributed by atoms with Crippen molar-refractivity contribution in [2.24, 2.45) is 0 Å². The maximum absolute atomic E-state index is 4.42. The summed E-state index contributed by atoms with van der Waals surface area (Å²) in [4.78, 5) is 4.34. The number of rotatable bonds is 5. The maximum atomic E-state index is 4.42. The topological polar surface area (TPSA) is 42.7 Å². The molecule has 0 unspecified atom stereocenters. The molecule has 0 radical (unpaired) electrons. The molecule has 1 heterocycles. The fourth-order valence-electron chi connectivity index (χ4n) is 2.18. The quantitative estimate of drug-likeness (QED) is 0.838. The lowest BCUT2D eigenvalue weighted by atomic mass is 10.1. The molecule has 1 aromatic carbocycles. The van der Waals surface area contributed by atoms with Crippen LogP contribution in [0.4, 0.5) is 0 Å². The van der Waals surface area contributed by atoms with E-state index in [9.17, 15) is 0 Å². The van der Waals surface area contributed by atoms with Gasteiger partial charge in [-0.05, 0) is 57.0 Å². The lowest BCUT2D eigenvalue weighted by molar-refractivity contribution is 0.673. The summed E-state index contributed by atoms with van der Waals surface area (Å²) in [5.41, 5.74) is 3.70. The van der Waals surface area contributed by atoms with Gasteiger partial charge in [-0.3, -0.25) is 0 Å². The summed E-state index contributed by atoms with van der Waals surface area (Å²) < 4.78 is 1.89. The summed E-state index contributed by atoms with van der Waals surface area (Å²) in [6.07, 6.45) is 1.16. The van der Waals surface area contributed by atoms with Gasteiger partial charge in [-0.15, -0.1) is 0 Å². The van der Waals surface area contributed by atoms with E-state index in [1.807, 2.05) is 18.5 Å². The highest BCUT2D eigenvalue weighted by Crippen LogP contribution is 2.15. The first kappa shape index (κ1) is 13.7. The third-order valence-electron chi connectivity index (χ3n) is 3.19. The van der Waals surface area contributed by atoms with Crippen LogP contribution in [-0.4, -0.2) is 21.3 Å². The molecule has 0 fully saturated rings. The number of aromatic nitrogens is 3. The van der Waals surface area contributed by atoms with Gasteiger partial charge in [0.15, 0.2) is 0 Å². The van der Waals surface area contributed by atoms with Crippen LogP contribution < -0.4 is 5.32 Å². The van der Waals surface area contributed by atoms with Gasteiger partial charge in [0.25, 0.3) is 0 Å². The Morgan fingerprint density at radius 2 is 2.00 bits per heavy atom. The van der Waals surface area contributed by atoms with Crippen LogP contribution in [0, 0.1) is 20.8 Å². The van der Waals surface area contributed by atoms with Crippen molar-refractivity contribution in [2.45, 2.75) is 40.7 Å². The largest absolute Gasteiger partial charge is 0.313 e. The molecule has 0 atom stereocenters. The van der Waals surface area contributed by atoms with Crippen LogP contribution in [0.5, 0.6) is 0 Å². The fourth-order valence-corrected chi connectivity index (χ4v) is 2.18. The molecule has 0 aliphatic rings. The monoisotopic (exact) mass is 258 g/mol. The van der Waals surface area contributed by atoms with Gasteiger partial charge in [0.05, 0.1) is 5.69 Å². The van der Waals surface area contributed by atoms with E-state index in [4.69, 9.17) is 0 Å². The van der Waals surface area contributed by atoms with Crippen molar-refractivity contribution in [3.63, 3.8) is 0 Å². The summed E-state index contributed by atoms with van der Waals surface area (Å²) in [6.45, 7) is 10.2. The average Bonchev–Trinajstić information content (AvgIpc) is 2.71. The third-order valence-corrected chi connectivity index (χ3v) is 3.19. The summed E-state index contributed by atoms with van der Waals surface area (Å²) in [7, 11) is 0. The molecule has 19 heavy (non-hydrogen) atoms. The Labute approximate surface area is 114 Å². The molecule has 0 aliphatic heterocycles. The van der Waals surface area contributed by atoms with E-state index in [2.05, 4.69) is 47.4 Å². The number of hydrogen-bond donors (Lipinski definition) is 1. The molecule has 4 nitrogen and oxygen atoms in total. The molecule has 0 bridgehead atoms. The van der Waals surface area contributed by atoms with Crippen LogP contribution in [-0.2, 0) is 6.54 Å². The van der Waals surface area contributed by atoms with Crippen molar-refractivity contribution < 1.29 is 0 Å². The molecule has 2 aromatic rings. The Kier molecular flexibility index (Phi) is 4.32. The van der Waals surface area contributed by atoms with Crippen LogP contribution >= 0.6 is 0 Å². The molecule has 0 spiro atoms. The first-order valence-electron chi connectivity index (χ1n) is 6.82. The van der Waals surface area contributed by atoms with Gasteiger partial charge < -0.3 is 5.32 Å². The summed E-state index contributed by atoms with van der Waals surface area (Å²) >= 11 is 0. The van der Waals surface area contributed by atoms with E-state index >= 15 is 0 Å². The zero-order valence-electron chi connectivity index (χ0n) is 12.2. The average molecular weight is 258 g/mol. The van der Waals surface area contributed by atoms with Crippen molar-refractivity contribution in [2.75, 3.05) is 6.54 Å². The van der Waals surface area contributed by atoms with E-state index in [1.165, 1.54) is 11.1 Å². The predicted octanol–water partition coefficient (Wildman–Crippen LogP) is 2.69. The molecule has 0 saturated carbocycles. The molecule has 0 saturated heterocycles. The van der Waals surface area contributed by atoms with Gasteiger partial charge in [-0.1, -0.05) is 13.0 Å². The van der Waals surface area contributed by atoms with Gasteiger partial charge in [0.1, 0.15) is 11.6 Å². The minimum absolute atomic E-state index is 0.809. The van der Waals surface area contributed by atoms with Crippen molar-refractivity contribution in [1.29, 1.82) is 0 Å². The number of nitrogens with zero attached hydrogens (tertiary/aromatic N) is 3. The van der Waals surface area contributed by atoms with Gasteiger partial charge >= 0.3 is 0 Å². The maximum Gasteiger partial charge on any atom is 0.148 e. The second-order valence-corrected chi connectivity index (χ2v) is 4.91. The summed E-state index contributed by atoms with van der Waals surface area (Å²) in [5.74, 6) is 1.73. The van der Waals surface area contributed by atoms with Crippen LogP contribution in [0.1, 0.15) is 36.1 Å². The highest BCUT2D eigenvalue weighted by atomic mass is 15.3. The van der Waals surface area contributed by atoms with Gasteiger partial charge in [-0.2, -0.15) is 5.10 Å². The Balaban J connectivity index is 2.21. The number of aryl methyl sites for hydroxylation is 3. The third kappa shape index (κ3) is 3.20. The van der Waals surface area contributed by atoms with Crippen molar-refractivity contribution >= 4 is 0 Å². The van der Waals surface area contributed by atoms with E-state index in [0.29, 0.717) is 0 Å². The zero-order valence-corrected chi connectivity index (χ0v) is 12.2. The Morgan fingerprint density at radius 1 is 1.21 bits per heavy atom. The molecular weight excluding hydrogens is 236 g/mol. The smallest absolute Gasteiger partial charge is 0.148 e. The minimum Gasteiger partial charge on any atom is -0.313 e. The lowest BCUT2D eigenvalue weighted by Crippen LogP contribution is -2.14. The van der Waals surface area contributed by atoms with Crippen LogP contribution in [0.25, 0.3) is 5.69 Å². The standard InChI is InChI=1S/C15H22N4/c1-5-8-16-10-14-6-7-15(9-11(14)2)19-13(4)17-12(3)18-19/h6-7,9,16H,5,8,10H2,1-4H3. The molecule has 1 aromatic heterocycles. The van der Waals surface area contributed by atoms with Crippen molar-refractivity contribution in [3.05, 3.63) is 41.0 Å². The van der Waals surface area contributed by atoms with Crippen LogP contribution in [0.15, 0.2) is 18.2 Å². The van der Waals surface area contributed by atoms with Crippen molar-refractivity contribution in [3.8, 4) is 5.69 Å². The zero-order chi connectivity index (χ0) is 13.8. The molecule has 2 rings (SSSR count). The molecule has 0 aliphatic carbocycles. The van der Waals surface area contributed by atoms with Gasteiger partial charge in [0, 0.05) is 6.54 Å². The highest BCUT2D eigenvalue weighted by molar-refractivity contribution is 5.40. The number of nitrogens with one attached hydrogen (secondary N) is 1.